The van der Waals surface area contributed by atoms with Crippen LogP contribution >= 0.6 is 0 Å². The highest BCUT2D eigenvalue weighted by Crippen LogP contribution is 2.34. The number of hydrogen-bond donors (Lipinski definition) is 1. The van der Waals surface area contributed by atoms with E-state index in [-0.39, 0.29) is 41.7 Å². The maximum atomic E-state index is 13.0. The fourth-order valence-corrected chi connectivity index (χ4v) is 4.41. The van der Waals surface area contributed by atoms with Crippen LogP contribution in [0, 0.1) is 10.1 Å². The lowest BCUT2D eigenvalue weighted by atomic mass is 9.93. The summed E-state index contributed by atoms with van der Waals surface area (Å²) in [5.41, 5.74) is 1.15. The van der Waals surface area contributed by atoms with Crippen LogP contribution < -0.4 is 9.62 Å². The molecule has 0 aliphatic carbocycles. The first-order valence-electron chi connectivity index (χ1n) is 10.2. The minimum absolute atomic E-state index is 0.0201. The number of carbonyl (C=O) groups is 2. The fraction of sp³-hybridized carbons (Fsp3) is 0.429. The van der Waals surface area contributed by atoms with Crippen LogP contribution in [0.25, 0.3) is 0 Å². The van der Waals surface area contributed by atoms with E-state index in [2.05, 4.69) is 0 Å². The molecular formula is C21H27N3O8S. The Kier molecular flexibility index (Phi) is 8.47. The van der Waals surface area contributed by atoms with Crippen LogP contribution in [0.15, 0.2) is 46.8 Å². The van der Waals surface area contributed by atoms with Gasteiger partial charge in [0.05, 0.1) is 23.2 Å². The van der Waals surface area contributed by atoms with Gasteiger partial charge in [0.1, 0.15) is 11.5 Å². The lowest BCUT2D eigenvalue weighted by Gasteiger charge is -2.36. The number of non-ortho nitro benzene ring substituents is 1. The van der Waals surface area contributed by atoms with Crippen LogP contribution in [0.3, 0.4) is 0 Å². The third kappa shape index (κ3) is 6.46. The smallest absolute Gasteiger partial charge is 0.341 e. The van der Waals surface area contributed by atoms with Crippen LogP contribution in [-0.2, 0) is 24.4 Å². The Morgan fingerprint density at radius 3 is 2.42 bits per heavy atom. The number of nitro groups is 1. The Morgan fingerprint density at radius 1 is 1.21 bits per heavy atom. The first-order valence-corrected chi connectivity index (χ1v) is 11.8. The Hall–Kier alpha value is -3.09. The molecule has 1 aromatic carbocycles. The van der Waals surface area contributed by atoms with E-state index in [4.69, 9.17) is 9.57 Å². The summed E-state index contributed by atoms with van der Waals surface area (Å²) in [5, 5.41) is 11.0. The van der Waals surface area contributed by atoms with Crippen molar-refractivity contribution >= 4 is 27.5 Å². The van der Waals surface area contributed by atoms with Crippen molar-refractivity contribution in [3.05, 3.63) is 56.9 Å². The molecule has 0 spiro atoms. The molecule has 0 unspecified atom stereocenters. The van der Waals surface area contributed by atoms with Gasteiger partial charge in [-0.15, -0.1) is 0 Å². The van der Waals surface area contributed by atoms with E-state index in [1.807, 2.05) is 18.7 Å². The van der Waals surface area contributed by atoms with Crippen molar-refractivity contribution in [2.24, 2.45) is 0 Å². The molecule has 1 N–H and O–H groups in total. The lowest BCUT2D eigenvalue weighted by molar-refractivity contribution is -0.384. The molecule has 0 saturated carbocycles. The first-order chi connectivity index (χ1) is 15.4. The van der Waals surface area contributed by atoms with E-state index in [1.54, 1.807) is 25.7 Å². The molecule has 0 atom stereocenters. The zero-order chi connectivity index (χ0) is 24.9. The minimum atomic E-state index is -4.04. The Bertz CT molecular complexity index is 1120. The van der Waals surface area contributed by atoms with E-state index in [9.17, 15) is 28.1 Å². The Labute approximate surface area is 192 Å². The number of Topliss-reactive ketones (excluding diaryl/α,β-unsaturated/α-hetero) is 1. The maximum Gasteiger partial charge on any atom is 0.341 e. The third-order valence-corrected chi connectivity index (χ3v) is 5.95. The highest BCUT2D eigenvalue weighted by molar-refractivity contribution is 7.90. The molecule has 180 valence electrons. The van der Waals surface area contributed by atoms with Gasteiger partial charge >= 0.3 is 5.97 Å². The third-order valence-electron chi connectivity index (χ3n) is 4.94. The zero-order valence-corrected chi connectivity index (χ0v) is 19.9. The van der Waals surface area contributed by atoms with Crippen molar-refractivity contribution in [3.8, 4) is 5.75 Å². The van der Waals surface area contributed by atoms with Gasteiger partial charge in [0.15, 0.2) is 5.78 Å². The molecule has 0 bridgehead atoms. The summed E-state index contributed by atoms with van der Waals surface area (Å²) in [5.74, 6) is -2.34. The average molecular weight is 482 g/mol. The molecule has 33 heavy (non-hydrogen) atoms. The van der Waals surface area contributed by atoms with E-state index in [1.165, 1.54) is 18.2 Å². The summed E-state index contributed by atoms with van der Waals surface area (Å²) in [7, 11) is -4.04. The number of esters is 1. The molecule has 1 aliphatic rings. The molecule has 0 radical (unpaired) electrons. The van der Waals surface area contributed by atoms with Crippen LogP contribution in [0.5, 0.6) is 5.75 Å². The average Bonchev–Trinajstić information content (AvgIpc) is 2.71. The molecule has 2 rings (SSSR count). The van der Waals surface area contributed by atoms with Crippen molar-refractivity contribution < 1.29 is 32.5 Å². The van der Waals surface area contributed by atoms with Gasteiger partial charge in [-0.25, -0.2) is 13.2 Å². The fourth-order valence-electron chi connectivity index (χ4n) is 3.54. The van der Waals surface area contributed by atoms with Gasteiger partial charge in [-0.05, 0) is 40.7 Å². The number of ketones is 1. The minimum Gasteiger partial charge on any atom is -0.423 e. The molecule has 12 heteroatoms. The molecule has 1 aliphatic heterocycles. The second-order valence-corrected chi connectivity index (χ2v) is 9.30. The number of nitro benzene ring substituents is 1. The van der Waals surface area contributed by atoms with E-state index in [0.717, 1.165) is 6.07 Å². The van der Waals surface area contributed by atoms with Gasteiger partial charge in [-0.3, -0.25) is 19.7 Å². The highest BCUT2D eigenvalue weighted by Gasteiger charge is 2.33. The van der Waals surface area contributed by atoms with Gasteiger partial charge in [-0.1, -0.05) is 11.0 Å². The predicted molar refractivity (Wildman–Crippen MR) is 119 cm³/mol. The van der Waals surface area contributed by atoms with Crippen molar-refractivity contribution in [1.82, 2.24) is 9.79 Å². The van der Waals surface area contributed by atoms with Crippen LogP contribution in [0.1, 0.15) is 41.0 Å². The van der Waals surface area contributed by atoms with Crippen molar-refractivity contribution in [1.29, 1.82) is 0 Å². The number of allylic oxidation sites excluding steroid dienone is 3. The molecule has 0 fully saturated rings. The van der Waals surface area contributed by atoms with Crippen molar-refractivity contribution in [2.45, 2.75) is 47.1 Å². The number of nitrogens with one attached hydrogen (secondary N) is 1. The van der Waals surface area contributed by atoms with Crippen molar-refractivity contribution in [3.63, 3.8) is 0 Å². The number of nitrogens with zero attached hydrogens (tertiary/aromatic N) is 2. The lowest BCUT2D eigenvalue weighted by Crippen LogP contribution is -2.37. The molecular weight excluding hydrogens is 454 g/mol. The highest BCUT2D eigenvalue weighted by atomic mass is 32.2. The summed E-state index contributed by atoms with van der Waals surface area (Å²) in [6.07, 6.45) is -0.141. The number of rotatable bonds is 10. The normalized spacial score (nSPS) is 14.7. The second-order valence-electron chi connectivity index (χ2n) is 7.61. The molecule has 0 saturated heterocycles. The standard InChI is InChI=1S/C21H27N3O8S/c1-6-31-22-33(29,30)12-20(25)18-11-19(15(5)23(13(2)3)14(18)4)21(26)32-17-9-7-8-16(10-17)24(27)28/h7-10,13,22H,6,11-12H2,1-5H3. The van der Waals surface area contributed by atoms with E-state index < -0.39 is 32.5 Å². The number of hydrogen-bond acceptors (Lipinski definition) is 9. The largest absolute Gasteiger partial charge is 0.423 e. The number of sulfonamides is 1. The summed E-state index contributed by atoms with van der Waals surface area (Å²) in [6.45, 7) is 8.77. The van der Waals surface area contributed by atoms with Gasteiger partial charge in [-0.2, -0.15) is 0 Å². The summed E-state index contributed by atoms with van der Waals surface area (Å²) in [4.78, 5) is 44.6. The monoisotopic (exact) mass is 481 g/mol. The van der Waals surface area contributed by atoms with Crippen molar-refractivity contribution in [2.75, 3.05) is 12.4 Å². The van der Waals surface area contributed by atoms with Gasteiger partial charge in [0.2, 0.25) is 10.0 Å². The Balaban J connectivity index is 2.36. The number of carbonyl (C=O) groups excluding carboxylic acids is 2. The summed E-state index contributed by atoms with van der Waals surface area (Å²) < 4.78 is 29.6. The molecule has 0 aromatic heterocycles. The number of benzene rings is 1. The van der Waals surface area contributed by atoms with E-state index in [0.29, 0.717) is 11.4 Å². The summed E-state index contributed by atoms with van der Waals surface area (Å²) >= 11 is 0. The predicted octanol–water partition coefficient (Wildman–Crippen LogP) is 2.60. The van der Waals surface area contributed by atoms with E-state index >= 15 is 0 Å². The molecule has 0 amide bonds. The van der Waals surface area contributed by atoms with Gasteiger partial charge in [0.25, 0.3) is 5.69 Å². The number of ether oxygens (including phenoxy) is 1. The molecule has 1 aromatic rings. The summed E-state index contributed by atoms with van der Waals surface area (Å²) in [6, 6.07) is 5.03. The topological polar surface area (TPSA) is 145 Å². The zero-order valence-electron chi connectivity index (χ0n) is 19.1. The maximum absolute atomic E-state index is 13.0. The van der Waals surface area contributed by atoms with Gasteiger partial charge in [0, 0.05) is 35.5 Å². The molecule has 11 nitrogen and oxygen atoms in total. The molecule has 1 heterocycles. The first kappa shape index (κ1) is 26.2. The van der Waals surface area contributed by atoms with Gasteiger partial charge < -0.3 is 9.64 Å². The SMILES string of the molecule is CCONS(=O)(=O)CC(=O)C1=C(C)N(C(C)C)C(C)=C(C(=O)Oc2cccc([N+](=O)[O-])c2)C1. The second kappa shape index (κ2) is 10.7. The quantitative estimate of drug-likeness (QED) is 0.231. The van der Waals surface area contributed by atoms with Crippen LogP contribution in [0.2, 0.25) is 0 Å². The van der Waals surface area contributed by atoms with Crippen LogP contribution in [-0.4, -0.2) is 48.4 Å². The van der Waals surface area contributed by atoms with Crippen LogP contribution in [0.4, 0.5) is 5.69 Å². The Morgan fingerprint density at radius 2 is 1.85 bits per heavy atom.